The highest BCUT2D eigenvalue weighted by Crippen LogP contribution is 2.08. The Morgan fingerprint density at radius 3 is 1.65 bits per heavy atom. The average molecular weight is 461 g/mol. The monoisotopic (exact) mass is 460 g/mol. The summed E-state index contributed by atoms with van der Waals surface area (Å²) in [5.74, 6) is -1.07. The summed E-state index contributed by atoms with van der Waals surface area (Å²) >= 11 is 0. The first-order valence-electron chi connectivity index (χ1n) is 11.0. The molecule has 0 aliphatic carbocycles. The van der Waals surface area contributed by atoms with E-state index in [0.717, 1.165) is 16.7 Å². The van der Waals surface area contributed by atoms with Gasteiger partial charge in [-0.3, -0.25) is 4.79 Å². The van der Waals surface area contributed by atoms with Crippen molar-refractivity contribution in [3.05, 3.63) is 108 Å². The Balaban J connectivity index is 1.70. The SMILES string of the molecule is COC(=O)[C@H](Cc1ccccc1)NC(=O)[C@@H](Cc1ccccc1)NC(=O)OCc1ccccc1. The highest BCUT2D eigenvalue weighted by atomic mass is 16.5. The third-order valence-electron chi connectivity index (χ3n) is 5.19. The summed E-state index contributed by atoms with van der Waals surface area (Å²) in [5.41, 5.74) is 2.55. The summed E-state index contributed by atoms with van der Waals surface area (Å²) in [4.78, 5) is 38.0. The van der Waals surface area contributed by atoms with Crippen LogP contribution in [0.15, 0.2) is 91.0 Å². The second-order valence-electron chi connectivity index (χ2n) is 7.72. The van der Waals surface area contributed by atoms with Gasteiger partial charge in [0, 0.05) is 12.8 Å². The molecule has 2 amide bonds. The fourth-order valence-corrected chi connectivity index (χ4v) is 3.42. The van der Waals surface area contributed by atoms with Crippen LogP contribution in [0.3, 0.4) is 0 Å². The summed E-state index contributed by atoms with van der Waals surface area (Å²) < 4.78 is 10.2. The predicted molar refractivity (Wildman–Crippen MR) is 128 cm³/mol. The molecule has 2 atom stereocenters. The Bertz CT molecular complexity index is 1060. The number of ether oxygens (including phenoxy) is 2. The number of esters is 1. The highest BCUT2D eigenvalue weighted by Gasteiger charge is 2.28. The first-order valence-corrected chi connectivity index (χ1v) is 11.0. The van der Waals surface area contributed by atoms with Crippen LogP contribution in [0.4, 0.5) is 4.79 Å². The molecule has 0 spiro atoms. The standard InChI is InChI=1S/C27H28N2O5/c1-33-26(31)24(18-21-13-7-3-8-14-21)28-25(30)23(17-20-11-5-2-6-12-20)29-27(32)34-19-22-15-9-4-10-16-22/h2-16,23-24H,17-19H2,1H3,(H,28,30)(H,29,32)/t23-,24+/m1/s1. The number of carbonyl (C=O) groups is 3. The molecule has 0 aliphatic rings. The van der Waals surface area contributed by atoms with Crippen molar-refractivity contribution in [3.63, 3.8) is 0 Å². The molecule has 3 aromatic rings. The van der Waals surface area contributed by atoms with Gasteiger partial charge in [0.25, 0.3) is 0 Å². The summed E-state index contributed by atoms with van der Waals surface area (Å²) in [7, 11) is 1.27. The Morgan fingerprint density at radius 2 is 1.15 bits per heavy atom. The maximum absolute atomic E-state index is 13.2. The third kappa shape index (κ3) is 7.78. The van der Waals surface area contributed by atoms with Gasteiger partial charge in [0.15, 0.2) is 0 Å². The lowest BCUT2D eigenvalue weighted by Gasteiger charge is -2.22. The molecule has 0 heterocycles. The molecule has 0 bridgehead atoms. The topological polar surface area (TPSA) is 93.7 Å². The lowest BCUT2D eigenvalue weighted by atomic mass is 10.0. The van der Waals surface area contributed by atoms with Gasteiger partial charge in [-0.2, -0.15) is 0 Å². The Hall–Kier alpha value is -4.13. The number of carbonyl (C=O) groups excluding carboxylic acids is 3. The molecular weight excluding hydrogens is 432 g/mol. The minimum Gasteiger partial charge on any atom is -0.467 e. The van der Waals surface area contributed by atoms with Gasteiger partial charge in [0.05, 0.1) is 7.11 Å². The number of nitrogens with one attached hydrogen (secondary N) is 2. The van der Waals surface area contributed by atoms with E-state index >= 15 is 0 Å². The number of hydrogen-bond acceptors (Lipinski definition) is 5. The Kier molecular flexibility index (Phi) is 9.22. The fraction of sp³-hybridized carbons (Fsp3) is 0.222. The van der Waals surface area contributed by atoms with Crippen molar-refractivity contribution in [2.45, 2.75) is 31.5 Å². The molecule has 2 N–H and O–H groups in total. The molecule has 0 saturated heterocycles. The molecule has 3 rings (SSSR count). The van der Waals surface area contributed by atoms with Gasteiger partial charge in [0.1, 0.15) is 18.7 Å². The zero-order valence-electron chi connectivity index (χ0n) is 19.0. The molecule has 7 nitrogen and oxygen atoms in total. The molecule has 0 radical (unpaired) electrons. The van der Waals surface area contributed by atoms with Crippen LogP contribution in [0.5, 0.6) is 0 Å². The first-order chi connectivity index (χ1) is 16.5. The molecule has 176 valence electrons. The van der Waals surface area contributed by atoms with Gasteiger partial charge >= 0.3 is 12.1 Å². The number of rotatable bonds is 10. The average Bonchev–Trinajstić information content (AvgIpc) is 2.88. The van der Waals surface area contributed by atoms with Crippen LogP contribution in [0.25, 0.3) is 0 Å². The predicted octanol–water partition coefficient (Wildman–Crippen LogP) is 3.42. The van der Waals surface area contributed by atoms with E-state index in [9.17, 15) is 14.4 Å². The van der Waals surface area contributed by atoms with Crippen molar-refractivity contribution >= 4 is 18.0 Å². The van der Waals surface area contributed by atoms with Crippen LogP contribution in [-0.4, -0.2) is 37.2 Å². The number of alkyl carbamates (subject to hydrolysis) is 1. The normalized spacial score (nSPS) is 12.1. The van der Waals surface area contributed by atoms with E-state index in [1.807, 2.05) is 91.0 Å². The van der Waals surface area contributed by atoms with Gasteiger partial charge < -0.3 is 20.1 Å². The van der Waals surface area contributed by atoms with Crippen molar-refractivity contribution in [2.75, 3.05) is 7.11 Å². The molecule has 0 fully saturated rings. The van der Waals surface area contributed by atoms with Crippen LogP contribution < -0.4 is 10.6 Å². The second-order valence-corrected chi connectivity index (χ2v) is 7.72. The zero-order chi connectivity index (χ0) is 24.2. The molecule has 3 aromatic carbocycles. The van der Waals surface area contributed by atoms with E-state index in [1.165, 1.54) is 7.11 Å². The first kappa shape index (κ1) is 24.5. The molecular formula is C27H28N2O5. The maximum atomic E-state index is 13.2. The molecule has 7 heteroatoms. The van der Waals surface area contributed by atoms with Gasteiger partial charge in [-0.25, -0.2) is 9.59 Å². The summed E-state index contributed by atoms with van der Waals surface area (Å²) in [6.07, 6.45) is -0.236. The number of methoxy groups -OCH3 is 1. The van der Waals surface area contributed by atoms with Crippen LogP contribution in [0, 0.1) is 0 Å². The van der Waals surface area contributed by atoms with Gasteiger partial charge in [0.2, 0.25) is 5.91 Å². The summed E-state index contributed by atoms with van der Waals surface area (Å²) in [6.45, 7) is 0.0745. The number of benzene rings is 3. The summed E-state index contributed by atoms with van der Waals surface area (Å²) in [5, 5.41) is 5.37. The van der Waals surface area contributed by atoms with E-state index in [4.69, 9.17) is 9.47 Å². The maximum Gasteiger partial charge on any atom is 0.408 e. The smallest absolute Gasteiger partial charge is 0.408 e. The fourth-order valence-electron chi connectivity index (χ4n) is 3.42. The molecule has 0 saturated carbocycles. The number of amides is 2. The minimum atomic E-state index is -0.950. The van der Waals surface area contributed by atoms with Crippen molar-refractivity contribution < 1.29 is 23.9 Å². The van der Waals surface area contributed by atoms with E-state index in [-0.39, 0.29) is 19.4 Å². The third-order valence-corrected chi connectivity index (χ3v) is 5.19. The van der Waals surface area contributed by atoms with E-state index < -0.39 is 30.1 Å². The van der Waals surface area contributed by atoms with Crippen molar-refractivity contribution in [1.29, 1.82) is 0 Å². The van der Waals surface area contributed by atoms with Crippen molar-refractivity contribution in [2.24, 2.45) is 0 Å². The molecule has 34 heavy (non-hydrogen) atoms. The van der Waals surface area contributed by atoms with Crippen LogP contribution in [0.1, 0.15) is 16.7 Å². The molecule has 0 aromatic heterocycles. The molecule has 0 unspecified atom stereocenters. The quantitative estimate of drug-likeness (QED) is 0.452. The van der Waals surface area contributed by atoms with Gasteiger partial charge in [-0.1, -0.05) is 91.0 Å². The second kappa shape index (κ2) is 12.8. The van der Waals surface area contributed by atoms with Crippen molar-refractivity contribution in [3.8, 4) is 0 Å². The lowest BCUT2D eigenvalue weighted by molar-refractivity contribution is -0.145. The van der Waals surface area contributed by atoms with Crippen molar-refractivity contribution in [1.82, 2.24) is 10.6 Å². The van der Waals surface area contributed by atoms with E-state index in [2.05, 4.69) is 10.6 Å². The van der Waals surface area contributed by atoms with Crippen LogP contribution in [0.2, 0.25) is 0 Å². The highest BCUT2D eigenvalue weighted by molar-refractivity contribution is 5.90. The molecule has 0 aliphatic heterocycles. The zero-order valence-corrected chi connectivity index (χ0v) is 19.0. The van der Waals surface area contributed by atoms with Gasteiger partial charge in [-0.15, -0.1) is 0 Å². The van der Waals surface area contributed by atoms with Gasteiger partial charge in [-0.05, 0) is 16.7 Å². The summed E-state index contributed by atoms with van der Waals surface area (Å²) in [6, 6.07) is 26.0. The van der Waals surface area contributed by atoms with Crippen LogP contribution in [-0.2, 0) is 38.5 Å². The van der Waals surface area contributed by atoms with E-state index in [1.54, 1.807) is 0 Å². The number of hydrogen-bond donors (Lipinski definition) is 2. The minimum absolute atomic E-state index is 0.0745. The Morgan fingerprint density at radius 1 is 0.676 bits per heavy atom. The van der Waals surface area contributed by atoms with Crippen LogP contribution >= 0.6 is 0 Å². The van der Waals surface area contributed by atoms with E-state index in [0.29, 0.717) is 0 Å². The lowest BCUT2D eigenvalue weighted by Crippen LogP contribution is -2.53. The largest absolute Gasteiger partial charge is 0.467 e. The Labute approximate surface area is 199 Å².